The Morgan fingerprint density at radius 3 is 2.41 bits per heavy atom. The van der Waals surface area contributed by atoms with Crippen LogP contribution in [0.1, 0.15) is 17.9 Å². The minimum Gasteiger partial charge on any atom is -0.378 e. The monoisotopic (exact) mass is 433 g/mol. The van der Waals surface area contributed by atoms with Crippen molar-refractivity contribution in [2.24, 2.45) is 0 Å². The van der Waals surface area contributed by atoms with E-state index < -0.39 is 6.04 Å². The summed E-state index contributed by atoms with van der Waals surface area (Å²) in [5.41, 5.74) is 2.90. The molecule has 32 heavy (non-hydrogen) atoms. The molecule has 3 unspecified atom stereocenters. The predicted octanol–water partition coefficient (Wildman–Crippen LogP) is 2.79. The van der Waals surface area contributed by atoms with Gasteiger partial charge in [-0.25, -0.2) is 9.59 Å². The summed E-state index contributed by atoms with van der Waals surface area (Å²) in [7, 11) is 3.92. The first-order valence-electron chi connectivity index (χ1n) is 11.0. The van der Waals surface area contributed by atoms with E-state index in [-0.39, 0.29) is 36.5 Å². The van der Waals surface area contributed by atoms with E-state index in [1.165, 1.54) is 4.90 Å². The van der Waals surface area contributed by atoms with Crippen molar-refractivity contribution in [1.29, 1.82) is 0 Å². The van der Waals surface area contributed by atoms with Crippen molar-refractivity contribution in [1.82, 2.24) is 14.7 Å². The van der Waals surface area contributed by atoms with Gasteiger partial charge in [0.05, 0.1) is 6.54 Å². The zero-order valence-corrected chi connectivity index (χ0v) is 18.3. The summed E-state index contributed by atoms with van der Waals surface area (Å²) in [5, 5.41) is 2.90. The number of nitrogens with zero attached hydrogens (tertiary/aromatic N) is 4. The number of nitrogens with one attached hydrogen (secondary N) is 1. The van der Waals surface area contributed by atoms with Gasteiger partial charge in [0.1, 0.15) is 6.04 Å². The predicted molar refractivity (Wildman–Crippen MR) is 122 cm³/mol. The van der Waals surface area contributed by atoms with Crippen LogP contribution < -0.4 is 10.2 Å². The van der Waals surface area contributed by atoms with Gasteiger partial charge in [0, 0.05) is 50.5 Å². The van der Waals surface area contributed by atoms with Crippen LogP contribution in [0, 0.1) is 0 Å². The van der Waals surface area contributed by atoms with E-state index in [1.807, 2.05) is 73.6 Å². The number of imide groups is 1. The highest BCUT2D eigenvalue weighted by Gasteiger charge is 2.56. The van der Waals surface area contributed by atoms with Gasteiger partial charge in [0.2, 0.25) is 0 Å². The molecule has 1 aliphatic carbocycles. The largest absolute Gasteiger partial charge is 0.378 e. The summed E-state index contributed by atoms with van der Waals surface area (Å²) in [5.74, 6) is 0.0151. The zero-order valence-electron chi connectivity index (χ0n) is 18.3. The highest BCUT2D eigenvalue weighted by Crippen LogP contribution is 2.46. The molecule has 3 atom stereocenters. The van der Waals surface area contributed by atoms with Crippen LogP contribution in [0.3, 0.4) is 0 Å². The number of rotatable bonds is 4. The second-order valence-corrected chi connectivity index (χ2v) is 8.84. The molecule has 2 saturated heterocycles. The molecule has 2 aliphatic heterocycles. The quantitative estimate of drug-likeness (QED) is 0.753. The molecule has 2 heterocycles. The van der Waals surface area contributed by atoms with Gasteiger partial charge < -0.3 is 20.0 Å². The molecule has 5 rings (SSSR count). The van der Waals surface area contributed by atoms with Crippen LogP contribution in [0.4, 0.5) is 21.0 Å². The minimum atomic E-state index is -0.602. The first-order valence-corrected chi connectivity index (χ1v) is 11.0. The zero-order chi connectivity index (χ0) is 22.4. The lowest BCUT2D eigenvalue weighted by atomic mass is 10.1. The summed E-state index contributed by atoms with van der Waals surface area (Å²) in [6.45, 7) is 0.977. The van der Waals surface area contributed by atoms with E-state index in [4.69, 9.17) is 0 Å². The van der Waals surface area contributed by atoms with Gasteiger partial charge in [-0.2, -0.15) is 0 Å². The molecule has 0 radical (unpaired) electrons. The van der Waals surface area contributed by atoms with Crippen LogP contribution in [-0.2, 0) is 4.79 Å². The first kappa shape index (κ1) is 20.4. The highest BCUT2D eigenvalue weighted by atomic mass is 16.2. The fourth-order valence-corrected chi connectivity index (χ4v) is 4.68. The number of hydrogen-bond donors (Lipinski definition) is 1. The number of amides is 5. The topological polar surface area (TPSA) is 76.2 Å². The van der Waals surface area contributed by atoms with E-state index in [9.17, 15) is 14.4 Å². The van der Waals surface area contributed by atoms with Gasteiger partial charge >= 0.3 is 12.1 Å². The number of fused-ring (bicyclic) bond motifs is 1. The van der Waals surface area contributed by atoms with Gasteiger partial charge in [0.25, 0.3) is 5.91 Å². The van der Waals surface area contributed by atoms with Crippen LogP contribution in [0.25, 0.3) is 0 Å². The number of urea groups is 2. The third-order valence-electron chi connectivity index (χ3n) is 6.59. The maximum absolute atomic E-state index is 13.1. The molecule has 5 amide bonds. The Morgan fingerprint density at radius 2 is 1.72 bits per heavy atom. The lowest BCUT2D eigenvalue weighted by Gasteiger charge is -2.35. The molecule has 3 fully saturated rings. The smallest absolute Gasteiger partial charge is 0.327 e. The van der Waals surface area contributed by atoms with Gasteiger partial charge in [-0.15, -0.1) is 0 Å². The van der Waals surface area contributed by atoms with Gasteiger partial charge in [-0.3, -0.25) is 9.69 Å². The molecule has 1 saturated carbocycles. The van der Waals surface area contributed by atoms with Crippen molar-refractivity contribution in [2.45, 2.75) is 24.4 Å². The summed E-state index contributed by atoms with van der Waals surface area (Å²) >= 11 is 0. The second-order valence-electron chi connectivity index (χ2n) is 8.84. The Labute approximate surface area is 187 Å². The van der Waals surface area contributed by atoms with Crippen LogP contribution in [0.15, 0.2) is 54.6 Å². The van der Waals surface area contributed by atoms with Crippen LogP contribution >= 0.6 is 0 Å². The van der Waals surface area contributed by atoms with Gasteiger partial charge in [-0.1, -0.05) is 30.3 Å². The van der Waals surface area contributed by atoms with Crippen LogP contribution in [-0.4, -0.2) is 78.5 Å². The molecule has 0 aromatic heterocycles. The molecule has 0 spiro atoms. The number of carbonyl (C=O) groups excluding carboxylic acids is 3. The molecule has 2 aromatic rings. The Bertz CT molecular complexity index is 1040. The first-order chi connectivity index (χ1) is 15.4. The molecule has 8 nitrogen and oxygen atoms in total. The average molecular weight is 434 g/mol. The van der Waals surface area contributed by atoms with Crippen molar-refractivity contribution in [3.05, 3.63) is 60.2 Å². The van der Waals surface area contributed by atoms with Crippen molar-refractivity contribution in [2.75, 3.05) is 43.9 Å². The number of carbonyl (C=O) groups is 3. The molecular weight excluding hydrogens is 406 g/mol. The molecule has 2 aromatic carbocycles. The van der Waals surface area contributed by atoms with E-state index in [0.29, 0.717) is 18.8 Å². The molecular formula is C24H27N5O3. The summed E-state index contributed by atoms with van der Waals surface area (Å²) in [6.07, 6.45) is 0.801. The van der Waals surface area contributed by atoms with E-state index in [2.05, 4.69) is 5.32 Å². The van der Waals surface area contributed by atoms with Crippen molar-refractivity contribution < 1.29 is 14.4 Å². The number of anilines is 2. The molecule has 0 bridgehead atoms. The van der Waals surface area contributed by atoms with E-state index in [0.717, 1.165) is 17.7 Å². The number of piperazine rings is 1. The van der Waals surface area contributed by atoms with Gasteiger partial charge in [-0.05, 0) is 36.2 Å². The lowest BCUT2D eigenvalue weighted by molar-refractivity contribution is -0.129. The molecule has 166 valence electrons. The molecule has 1 N–H and O–H groups in total. The number of hydrogen-bond acceptors (Lipinski definition) is 4. The fraction of sp³-hybridized carbons (Fsp3) is 0.375. The summed E-state index contributed by atoms with van der Waals surface area (Å²) in [6, 6.07) is 16.4. The average Bonchev–Trinajstić information content (AvgIpc) is 3.55. The Morgan fingerprint density at radius 1 is 1.00 bits per heavy atom. The lowest BCUT2D eigenvalue weighted by Crippen LogP contribution is -2.55. The van der Waals surface area contributed by atoms with Crippen molar-refractivity contribution >= 4 is 29.3 Å². The summed E-state index contributed by atoms with van der Waals surface area (Å²) < 4.78 is 0. The van der Waals surface area contributed by atoms with Crippen molar-refractivity contribution in [3.63, 3.8) is 0 Å². The van der Waals surface area contributed by atoms with Gasteiger partial charge in [0.15, 0.2) is 0 Å². The summed E-state index contributed by atoms with van der Waals surface area (Å²) in [4.78, 5) is 45.6. The normalized spacial score (nSPS) is 24.4. The number of benzene rings is 2. The van der Waals surface area contributed by atoms with Crippen molar-refractivity contribution in [3.8, 4) is 0 Å². The SMILES string of the molecule is CN(C)c1ccc(NC(=O)N2CCN3C(=O)N(C4CC4c4ccccc4)C(=O)C3C2)cc1. The molecule has 3 aliphatic rings. The second kappa shape index (κ2) is 7.85. The standard InChI is InChI=1S/C24H27N5O3/c1-26(2)18-10-8-17(9-11-18)25-23(31)27-12-13-28-21(15-27)22(30)29(24(28)32)20-14-19(20)16-6-4-3-5-7-16/h3-11,19-21H,12-15H2,1-2H3,(H,25,31). The van der Waals surface area contributed by atoms with Crippen LogP contribution in [0.2, 0.25) is 0 Å². The highest BCUT2D eigenvalue weighted by molar-refractivity contribution is 6.05. The Kier molecular flexibility index (Phi) is 5.00. The minimum absolute atomic E-state index is 0.0829. The van der Waals surface area contributed by atoms with Crippen LogP contribution in [0.5, 0.6) is 0 Å². The maximum atomic E-state index is 13.1. The van der Waals surface area contributed by atoms with E-state index >= 15 is 0 Å². The fourth-order valence-electron chi connectivity index (χ4n) is 4.68. The third-order valence-corrected chi connectivity index (χ3v) is 6.59. The third kappa shape index (κ3) is 3.55. The Hall–Kier alpha value is -3.55. The van der Waals surface area contributed by atoms with E-state index in [1.54, 1.807) is 9.80 Å². The molecule has 8 heteroatoms. The Balaban J connectivity index is 1.23. The maximum Gasteiger partial charge on any atom is 0.327 e.